The molecule has 1 aromatic heterocycles. The van der Waals surface area contributed by atoms with Crippen LogP contribution in [-0.4, -0.2) is 29.1 Å². The van der Waals surface area contributed by atoms with Crippen molar-refractivity contribution >= 4 is 18.5 Å². The lowest BCUT2D eigenvalue weighted by Gasteiger charge is -2.32. The summed E-state index contributed by atoms with van der Waals surface area (Å²) in [6, 6.07) is 3.58. The summed E-state index contributed by atoms with van der Waals surface area (Å²) in [7, 11) is -0.482. The number of aryl methyl sites for hydroxylation is 1. The smallest absolute Gasteiger partial charge is 0.398 e. The number of hydrogen-bond donors (Lipinski definition) is 0. The van der Waals surface area contributed by atoms with Crippen LogP contribution in [0.5, 0.6) is 0 Å². The summed E-state index contributed by atoms with van der Waals surface area (Å²) >= 11 is 0. The van der Waals surface area contributed by atoms with Gasteiger partial charge in [-0.1, -0.05) is 0 Å². The molecule has 1 aliphatic rings. The average molecular weight is 261 g/mol. The molecule has 0 aromatic carbocycles. The third-order valence-corrected chi connectivity index (χ3v) is 3.98. The fourth-order valence-electron chi connectivity index (χ4n) is 2.05. The quantitative estimate of drug-likeness (QED) is 0.602. The van der Waals surface area contributed by atoms with E-state index in [9.17, 15) is 4.79 Å². The van der Waals surface area contributed by atoms with Crippen molar-refractivity contribution in [3.8, 4) is 0 Å². The molecule has 1 fully saturated rings. The predicted molar refractivity (Wildman–Crippen MR) is 74.7 cm³/mol. The number of rotatable bonds is 2. The SMILES string of the molecule is CC(=O)c1ccc(B2OC(C)(C)C(C)(C)O2)nc1C. The van der Waals surface area contributed by atoms with Crippen LogP contribution >= 0.6 is 0 Å². The maximum atomic E-state index is 11.4. The fraction of sp³-hybridized carbons (Fsp3) is 0.571. The lowest BCUT2D eigenvalue weighted by molar-refractivity contribution is 0.00578. The maximum Gasteiger partial charge on any atom is 0.514 e. The van der Waals surface area contributed by atoms with Gasteiger partial charge in [0, 0.05) is 11.3 Å². The number of aromatic nitrogens is 1. The Kier molecular flexibility index (Phi) is 3.31. The third kappa shape index (κ3) is 2.45. The molecule has 2 heterocycles. The zero-order chi connectivity index (χ0) is 14.4. The maximum absolute atomic E-state index is 11.4. The van der Waals surface area contributed by atoms with Gasteiger partial charge in [0.2, 0.25) is 0 Å². The van der Waals surface area contributed by atoms with Crippen LogP contribution in [0.1, 0.15) is 50.7 Å². The van der Waals surface area contributed by atoms with Crippen molar-refractivity contribution in [2.75, 3.05) is 0 Å². The Hall–Kier alpha value is -1.20. The van der Waals surface area contributed by atoms with Crippen LogP contribution in [0.2, 0.25) is 0 Å². The first-order valence-electron chi connectivity index (χ1n) is 6.48. The summed E-state index contributed by atoms with van der Waals surface area (Å²) in [5, 5.41) is 0. The minimum Gasteiger partial charge on any atom is -0.398 e. The monoisotopic (exact) mass is 261 g/mol. The van der Waals surface area contributed by atoms with E-state index in [1.54, 1.807) is 19.1 Å². The lowest BCUT2D eigenvalue weighted by atomic mass is 9.83. The molecule has 1 aliphatic heterocycles. The molecule has 0 aliphatic carbocycles. The zero-order valence-corrected chi connectivity index (χ0v) is 12.4. The van der Waals surface area contributed by atoms with Gasteiger partial charge in [0.15, 0.2) is 5.78 Å². The van der Waals surface area contributed by atoms with E-state index in [1.165, 1.54) is 0 Å². The van der Waals surface area contributed by atoms with Crippen LogP contribution in [0.25, 0.3) is 0 Å². The Morgan fingerprint density at radius 2 is 1.68 bits per heavy atom. The Morgan fingerprint density at radius 1 is 1.16 bits per heavy atom. The number of nitrogens with zero attached hydrogens (tertiary/aromatic N) is 1. The molecule has 1 aromatic rings. The summed E-state index contributed by atoms with van der Waals surface area (Å²) in [5.74, 6) is 0.0190. The summed E-state index contributed by atoms with van der Waals surface area (Å²) < 4.78 is 11.9. The average Bonchev–Trinajstić information content (AvgIpc) is 2.47. The molecule has 0 atom stereocenters. The first-order chi connectivity index (χ1) is 8.64. The van der Waals surface area contributed by atoms with Crippen molar-refractivity contribution in [3.63, 3.8) is 0 Å². The highest BCUT2D eigenvalue weighted by atomic mass is 16.7. The Labute approximate surface area is 114 Å². The van der Waals surface area contributed by atoms with Crippen molar-refractivity contribution in [1.29, 1.82) is 0 Å². The van der Waals surface area contributed by atoms with Crippen molar-refractivity contribution in [1.82, 2.24) is 4.98 Å². The summed E-state index contributed by atoms with van der Waals surface area (Å²) in [5.41, 5.74) is 1.29. The van der Waals surface area contributed by atoms with Crippen LogP contribution in [0, 0.1) is 6.92 Å². The molecule has 102 valence electrons. The Morgan fingerprint density at radius 3 is 2.11 bits per heavy atom. The number of hydrogen-bond acceptors (Lipinski definition) is 4. The second-order valence-electron chi connectivity index (χ2n) is 6.01. The highest BCUT2D eigenvalue weighted by Gasteiger charge is 2.52. The second kappa shape index (κ2) is 4.42. The molecule has 0 unspecified atom stereocenters. The van der Waals surface area contributed by atoms with E-state index in [1.807, 2.05) is 34.6 Å². The van der Waals surface area contributed by atoms with Crippen LogP contribution in [0.15, 0.2) is 12.1 Å². The van der Waals surface area contributed by atoms with Gasteiger partial charge in [0.1, 0.15) is 0 Å². The summed E-state index contributed by atoms with van der Waals surface area (Å²) in [6.45, 7) is 11.4. The normalized spacial score (nSPS) is 20.6. The highest BCUT2D eigenvalue weighted by Crippen LogP contribution is 2.36. The van der Waals surface area contributed by atoms with Crippen LogP contribution < -0.4 is 5.59 Å². The zero-order valence-electron chi connectivity index (χ0n) is 12.4. The van der Waals surface area contributed by atoms with Crippen molar-refractivity contribution in [2.45, 2.75) is 52.7 Å². The lowest BCUT2D eigenvalue weighted by Crippen LogP contribution is -2.41. The molecule has 19 heavy (non-hydrogen) atoms. The van der Waals surface area contributed by atoms with E-state index in [-0.39, 0.29) is 17.0 Å². The van der Waals surface area contributed by atoms with Gasteiger partial charge < -0.3 is 9.31 Å². The largest absolute Gasteiger partial charge is 0.514 e. The molecule has 0 bridgehead atoms. The van der Waals surface area contributed by atoms with E-state index >= 15 is 0 Å². The Bertz CT molecular complexity index is 509. The van der Waals surface area contributed by atoms with Crippen LogP contribution in [0.3, 0.4) is 0 Å². The van der Waals surface area contributed by atoms with Gasteiger partial charge in [-0.2, -0.15) is 0 Å². The molecular weight excluding hydrogens is 241 g/mol. The van der Waals surface area contributed by atoms with E-state index in [2.05, 4.69) is 4.98 Å². The number of Topliss-reactive ketones (excluding diaryl/α,β-unsaturated/α-hetero) is 1. The Balaban J connectivity index is 2.31. The van der Waals surface area contributed by atoms with Gasteiger partial charge in [0.05, 0.1) is 16.8 Å². The van der Waals surface area contributed by atoms with Crippen LogP contribution in [-0.2, 0) is 9.31 Å². The molecule has 2 rings (SSSR count). The number of carbonyl (C=O) groups is 1. The third-order valence-electron chi connectivity index (χ3n) is 3.98. The van der Waals surface area contributed by atoms with Gasteiger partial charge in [-0.15, -0.1) is 0 Å². The predicted octanol–water partition coefficient (Wildman–Crippen LogP) is 1.89. The number of ketones is 1. The van der Waals surface area contributed by atoms with Crippen molar-refractivity contribution in [2.24, 2.45) is 0 Å². The molecule has 0 N–H and O–H groups in total. The molecule has 0 saturated carbocycles. The topological polar surface area (TPSA) is 48.4 Å². The molecule has 1 saturated heterocycles. The molecule has 0 spiro atoms. The first kappa shape index (κ1) is 14.2. The minimum absolute atomic E-state index is 0.0190. The van der Waals surface area contributed by atoms with E-state index in [0.29, 0.717) is 16.9 Å². The van der Waals surface area contributed by atoms with Crippen LogP contribution in [0.4, 0.5) is 0 Å². The van der Waals surface area contributed by atoms with Gasteiger partial charge in [-0.05, 0) is 53.7 Å². The van der Waals surface area contributed by atoms with E-state index in [0.717, 1.165) is 0 Å². The molecule has 0 amide bonds. The standard InChI is InChI=1S/C14H20BNO3/c1-9-11(10(2)17)7-8-12(16-9)15-18-13(3,4)14(5,6)19-15/h7-8H,1-6H3. The number of carbonyl (C=O) groups excluding carboxylic acids is 1. The van der Waals surface area contributed by atoms with Crippen molar-refractivity contribution in [3.05, 3.63) is 23.4 Å². The van der Waals surface area contributed by atoms with Gasteiger partial charge >= 0.3 is 7.12 Å². The minimum atomic E-state index is -0.482. The number of pyridine rings is 1. The van der Waals surface area contributed by atoms with Gasteiger partial charge in [-0.25, -0.2) is 0 Å². The second-order valence-corrected chi connectivity index (χ2v) is 6.01. The van der Waals surface area contributed by atoms with E-state index in [4.69, 9.17) is 9.31 Å². The highest BCUT2D eigenvalue weighted by molar-refractivity contribution is 6.61. The first-order valence-corrected chi connectivity index (χ1v) is 6.48. The molecule has 5 heteroatoms. The molecule has 0 radical (unpaired) electrons. The van der Waals surface area contributed by atoms with Crippen molar-refractivity contribution < 1.29 is 14.1 Å². The molecule has 4 nitrogen and oxygen atoms in total. The fourth-order valence-corrected chi connectivity index (χ4v) is 2.05. The summed E-state index contributed by atoms with van der Waals surface area (Å²) in [6.07, 6.45) is 0. The van der Waals surface area contributed by atoms with E-state index < -0.39 is 7.12 Å². The van der Waals surface area contributed by atoms with Gasteiger partial charge in [-0.3, -0.25) is 9.78 Å². The summed E-state index contributed by atoms with van der Waals surface area (Å²) in [4.78, 5) is 15.8. The van der Waals surface area contributed by atoms with Gasteiger partial charge in [0.25, 0.3) is 0 Å². The molecular formula is C14H20BNO3.